The second-order valence-electron chi connectivity index (χ2n) is 5.49. The highest BCUT2D eigenvalue weighted by Crippen LogP contribution is 2.32. The summed E-state index contributed by atoms with van der Waals surface area (Å²) in [4.78, 5) is 27.3. The number of benzene rings is 1. The number of rotatable bonds is 4. The first-order valence-corrected chi connectivity index (χ1v) is 7.72. The minimum Gasteiger partial charge on any atom is -0.452 e. The topological polar surface area (TPSA) is 68.3 Å². The zero-order valence-electron chi connectivity index (χ0n) is 13.8. The van der Waals surface area contributed by atoms with Crippen LogP contribution >= 0.6 is 11.6 Å². The molecule has 1 amide bonds. The van der Waals surface area contributed by atoms with Crippen molar-refractivity contribution in [3.63, 3.8) is 0 Å². The summed E-state index contributed by atoms with van der Waals surface area (Å²) in [5.74, 6) is -1.72. The third kappa shape index (κ3) is 4.95. The quantitative estimate of drug-likeness (QED) is 0.801. The van der Waals surface area contributed by atoms with Crippen LogP contribution in [-0.4, -0.2) is 23.5 Å². The molecule has 138 valence electrons. The number of aromatic nitrogens is 1. The minimum atomic E-state index is -4.60. The lowest BCUT2D eigenvalue weighted by atomic mass is 10.1. The predicted molar refractivity (Wildman–Crippen MR) is 89.1 cm³/mol. The molecular weight excluding hydrogens is 373 g/mol. The summed E-state index contributed by atoms with van der Waals surface area (Å²) in [7, 11) is 0. The van der Waals surface area contributed by atoms with Crippen LogP contribution in [0.1, 0.15) is 27.0 Å². The maximum Gasteiger partial charge on any atom is 0.417 e. The number of hydrogen-bond donors (Lipinski definition) is 1. The SMILES string of the molecule is Cc1ccc(C)c(C(=O)OCC(=O)Nc2ncc(C(F)(F)F)cc2Cl)c1. The smallest absolute Gasteiger partial charge is 0.417 e. The second-order valence-corrected chi connectivity index (χ2v) is 5.90. The number of hydrogen-bond acceptors (Lipinski definition) is 4. The van der Waals surface area contributed by atoms with Gasteiger partial charge >= 0.3 is 12.1 Å². The van der Waals surface area contributed by atoms with Crippen molar-refractivity contribution in [3.8, 4) is 0 Å². The number of aryl methyl sites for hydroxylation is 2. The molecule has 0 aliphatic heterocycles. The molecule has 0 unspecified atom stereocenters. The number of ether oxygens (including phenoxy) is 1. The molecular formula is C17H14ClF3N2O3. The molecule has 0 bridgehead atoms. The van der Waals surface area contributed by atoms with Crippen LogP contribution in [0.15, 0.2) is 30.5 Å². The Morgan fingerprint density at radius 3 is 2.54 bits per heavy atom. The Morgan fingerprint density at radius 1 is 1.23 bits per heavy atom. The van der Waals surface area contributed by atoms with Crippen LogP contribution in [0.25, 0.3) is 0 Å². The van der Waals surface area contributed by atoms with Gasteiger partial charge in [0.05, 0.1) is 16.1 Å². The van der Waals surface area contributed by atoms with Crippen LogP contribution in [0.2, 0.25) is 5.02 Å². The van der Waals surface area contributed by atoms with Gasteiger partial charge in [0.25, 0.3) is 5.91 Å². The van der Waals surface area contributed by atoms with Crippen LogP contribution in [0.4, 0.5) is 19.0 Å². The number of nitrogens with zero attached hydrogens (tertiary/aromatic N) is 1. The normalized spacial score (nSPS) is 11.2. The standard InChI is InChI=1S/C17H14ClF3N2O3/c1-9-3-4-10(2)12(5-9)16(25)26-8-14(24)23-15-13(18)6-11(7-22-15)17(19,20)21/h3-7H,8H2,1-2H3,(H,22,23,24). The van der Waals surface area contributed by atoms with Crippen molar-refractivity contribution in [1.82, 2.24) is 4.98 Å². The van der Waals surface area contributed by atoms with Crippen molar-refractivity contribution < 1.29 is 27.5 Å². The third-order valence-corrected chi connectivity index (χ3v) is 3.66. The number of carbonyl (C=O) groups is 2. The number of carbonyl (C=O) groups excluding carboxylic acids is 2. The Labute approximate surface area is 152 Å². The molecule has 1 aromatic heterocycles. The Bertz CT molecular complexity index is 854. The lowest BCUT2D eigenvalue weighted by Gasteiger charge is -2.11. The van der Waals surface area contributed by atoms with Gasteiger partial charge in [-0.15, -0.1) is 0 Å². The largest absolute Gasteiger partial charge is 0.452 e. The number of pyridine rings is 1. The minimum absolute atomic E-state index is 0.257. The molecule has 9 heteroatoms. The zero-order valence-corrected chi connectivity index (χ0v) is 14.5. The van der Waals surface area contributed by atoms with Crippen LogP contribution < -0.4 is 5.32 Å². The van der Waals surface area contributed by atoms with E-state index in [0.29, 0.717) is 23.4 Å². The maximum atomic E-state index is 12.6. The molecule has 5 nitrogen and oxygen atoms in total. The third-order valence-electron chi connectivity index (χ3n) is 3.37. The molecule has 0 spiro atoms. The lowest BCUT2D eigenvalue weighted by Crippen LogP contribution is -2.22. The van der Waals surface area contributed by atoms with E-state index in [2.05, 4.69) is 10.3 Å². The summed E-state index contributed by atoms with van der Waals surface area (Å²) >= 11 is 5.69. The van der Waals surface area contributed by atoms with Crippen molar-refractivity contribution in [2.45, 2.75) is 20.0 Å². The van der Waals surface area contributed by atoms with Gasteiger partial charge in [-0.2, -0.15) is 13.2 Å². The van der Waals surface area contributed by atoms with Gasteiger partial charge in [0.1, 0.15) is 0 Å². The van der Waals surface area contributed by atoms with Crippen LogP contribution in [-0.2, 0) is 15.7 Å². The second kappa shape index (κ2) is 7.74. The number of alkyl halides is 3. The summed E-state index contributed by atoms with van der Waals surface area (Å²) < 4.78 is 42.6. The highest BCUT2D eigenvalue weighted by molar-refractivity contribution is 6.33. The average Bonchev–Trinajstić information content (AvgIpc) is 2.55. The van der Waals surface area contributed by atoms with Crippen molar-refractivity contribution >= 4 is 29.3 Å². The van der Waals surface area contributed by atoms with Gasteiger partial charge in [0.2, 0.25) is 0 Å². The summed E-state index contributed by atoms with van der Waals surface area (Å²) in [6.45, 7) is 2.90. The van der Waals surface area contributed by atoms with E-state index >= 15 is 0 Å². The van der Waals surface area contributed by atoms with Crippen molar-refractivity contribution in [2.75, 3.05) is 11.9 Å². The van der Waals surface area contributed by atoms with Crippen LogP contribution in [0, 0.1) is 13.8 Å². The van der Waals surface area contributed by atoms with Gasteiger partial charge < -0.3 is 10.1 Å². The van der Waals surface area contributed by atoms with Gasteiger partial charge in [-0.1, -0.05) is 29.3 Å². The first kappa shape index (κ1) is 19.7. The molecule has 2 aromatic rings. The van der Waals surface area contributed by atoms with E-state index in [1.54, 1.807) is 26.0 Å². The fourth-order valence-electron chi connectivity index (χ4n) is 2.02. The van der Waals surface area contributed by atoms with E-state index < -0.39 is 30.2 Å². The van der Waals surface area contributed by atoms with E-state index in [1.165, 1.54) is 0 Å². The Hall–Kier alpha value is -2.61. The van der Waals surface area contributed by atoms with Gasteiger partial charge in [-0.3, -0.25) is 4.79 Å². The predicted octanol–water partition coefficient (Wildman–Crippen LogP) is 4.17. The molecule has 0 saturated carbocycles. The van der Waals surface area contributed by atoms with Gasteiger partial charge in [-0.05, 0) is 31.5 Å². The van der Waals surface area contributed by atoms with E-state index in [4.69, 9.17) is 16.3 Å². The summed E-state index contributed by atoms with van der Waals surface area (Å²) in [6.07, 6.45) is -4.05. The molecule has 1 aromatic carbocycles. The molecule has 0 radical (unpaired) electrons. The molecule has 0 atom stereocenters. The summed E-state index contributed by atoms with van der Waals surface area (Å²) in [5.41, 5.74) is 0.825. The highest BCUT2D eigenvalue weighted by atomic mass is 35.5. The highest BCUT2D eigenvalue weighted by Gasteiger charge is 2.31. The molecule has 0 aliphatic carbocycles. The number of esters is 1. The number of halogens is 4. The monoisotopic (exact) mass is 386 g/mol. The first-order chi connectivity index (χ1) is 12.1. The summed E-state index contributed by atoms with van der Waals surface area (Å²) in [6, 6.07) is 5.85. The molecule has 1 N–H and O–H groups in total. The van der Waals surface area contributed by atoms with Crippen molar-refractivity contribution in [3.05, 3.63) is 57.7 Å². The average molecular weight is 387 g/mol. The molecule has 2 rings (SSSR count). The van der Waals surface area contributed by atoms with Gasteiger partial charge in [-0.25, -0.2) is 9.78 Å². The van der Waals surface area contributed by atoms with E-state index in [0.717, 1.165) is 5.56 Å². The number of nitrogens with one attached hydrogen (secondary N) is 1. The maximum absolute atomic E-state index is 12.6. The number of anilines is 1. The molecule has 0 fully saturated rings. The first-order valence-electron chi connectivity index (χ1n) is 7.35. The van der Waals surface area contributed by atoms with Crippen LogP contribution in [0.5, 0.6) is 0 Å². The Balaban J connectivity index is 1.99. The Kier molecular flexibility index (Phi) is 5.86. The van der Waals surface area contributed by atoms with Gasteiger partial charge in [0.15, 0.2) is 12.4 Å². The van der Waals surface area contributed by atoms with Crippen molar-refractivity contribution in [1.29, 1.82) is 0 Å². The fourth-order valence-corrected chi connectivity index (χ4v) is 2.23. The molecule has 26 heavy (non-hydrogen) atoms. The summed E-state index contributed by atoms with van der Waals surface area (Å²) in [5, 5.41) is 1.81. The van der Waals surface area contributed by atoms with Gasteiger partial charge in [0, 0.05) is 6.20 Å². The Morgan fingerprint density at radius 2 is 1.92 bits per heavy atom. The van der Waals surface area contributed by atoms with E-state index in [-0.39, 0.29) is 10.8 Å². The number of amides is 1. The molecule has 0 saturated heterocycles. The van der Waals surface area contributed by atoms with Crippen molar-refractivity contribution in [2.24, 2.45) is 0 Å². The lowest BCUT2D eigenvalue weighted by molar-refractivity contribution is -0.137. The van der Waals surface area contributed by atoms with Crippen LogP contribution in [0.3, 0.4) is 0 Å². The van der Waals surface area contributed by atoms with E-state index in [9.17, 15) is 22.8 Å². The molecule has 0 aliphatic rings. The molecule has 1 heterocycles. The van der Waals surface area contributed by atoms with E-state index in [1.807, 2.05) is 6.07 Å². The fraction of sp³-hybridized carbons (Fsp3) is 0.235. The zero-order chi connectivity index (χ0) is 19.5.